The molecule has 98 valence electrons. The average Bonchev–Trinajstić information content (AvgIpc) is 2.27. The van der Waals surface area contributed by atoms with Gasteiger partial charge in [-0.3, -0.25) is 4.79 Å². The monoisotopic (exact) mass is 274 g/mol. The first-order valence-corrected chi connectivity index (χ1v) is 6.35. The quantitative estimate of drug-likeness (QED) is 0.451. The first-order valence-electron chi connectivity index (χ1n) is 5.37. The van der Waals surface area contributed by atoms with Gasteiger partial charge in [0.1, 0.15) is 0 Å². The summed E-state index contributed by atoms with van der Waals surface area (Å²) in [4.78, 5) is 11.4. The first-order chi connectivity index (χ1) is 8.39. The minimum Gasteiger partial charge on any atom is -0.295 e. The maximum atomic E-state index is 12.3. The Kier molecular flexibility index (Phi) is 5.47. The van der Waals surface area contributed by atoms with E-state index < -0.39 is 11.7 Å². The molecule has 0 heterocycles. The molecule has 0 aromatic heterocycles. The number of benzene rings is 1. The van der Waals surface area contributed by atoms with E-state index in [2.05, 4.69) is 0 Å². The smallest absolute Gasteiger partial charge is 0.295 e. The molecule has 0 bridgehead atoms. The van der Waals surface area contributed by atoms with E-state index in [0.717, 1.165) is 22.8 Å². The van der Waals surface area contributed by atoms with Gasteiger partial charge in [0, 0.05) is 10.6 Å². The Labute approximate surface area is 108 Å². The van der Waals surface area contributed by atoms with Gasteiger partial charge in [-0.1, -0.05) is 6.08 Å². The van der Waals surface area contributed by atoms with Crippen LogP contribution in [-0.4, -0.2) is 11.5 Å². The number of hydrogen-bond donors (Lipinski definition) is 0. The van der Waals surface area contributed by atoms with Crippen molar-refractivity contribution in [2.24, 2.45) is 0 Å². The minimum atomic E-state index is -4.28. The Morgan fingerprint density at radius 1 is 1.28 bits per heavy atom. The summed E-state index contributed by atoms with van der Waals surface area (Å²) in [7, 11) is 0. The number of carbonyl (C=O) groups excluding carboxylic acids is 1. The molecule has 1 aromatic rings. The lowest BCUT2D eigenvalue weighted by Crippen LogP contribution is -2.03. The largest absolute Gasteiger partial charge is 0.416 e. The van der Waals surface area contributed by atoms with E-state index in [1.165, 1.54) is 36.9 Å². The van der Waals surface area contributed by atoms with Crippen LogP contribution in [0.15, 0.2) is 41.3 Å². The van der Waals surface area contributed by atoms with E-state index in [0.29, 0.717) is 6.42 Å². The molecule has 0 saturated heterocycles. The van der Waals surface area contributed by atoms with Crippen LogP contribution in [0.25, 0.3) is 0 Å². The van der Waals surface area contributed by atoms with Crippen molar-refractivity contribution in [1.29, 1.82) is 0 Å². The maximum absolute atomic E-state index is 12.3. The van der Waals surface area contributed by atoms with Gasteiger partial charge < -0.3 is 0 Å². The Hall–Kier alpha value is -1.23. The van der Waals surface area contributed by atoms with Crippen LogP contribution in [0, 0.1) is 0 Å². The van der Waals surface area contributed by atoms with Gasteiger partial charge in [-0.25, -0.2) is 0 Å². The number of alkyl halides is 3. The second kappa shape index (κ2) is 6.64. The van der Waals surface area contributed by atoms with E-state index in [9.17, 15) is 18.0 Å². The van der Waals surface area contributed by atoms with Crippen LogP contribution in [0.3, 0.4) is 0 Å². The van der Waals surface area contributed by atoms with Gasteiger partial charge in [-0.15, -0.1) is 11.8 Å². The molecule has 0 aliphatic heterocycles. The van der Waals surface area contributed by atoms with Crippen molar-refractivity contribution in [3.8, 4) is 0 Å². The molecule has 0 aliphatic rings. The van der Waals surface area contributed by atoms with Gasteiger partial charge in [0.25, 0.3) is 0 Å². The zero-order valence-corrected chi connectivity index (χ0v) is 10.6. The molecule has 1 aromatic carbocycles. The highest BCUT2D eigenvalue weighted by atomic mass is 32.2. The zero-order valence-electron chi connectivity index (χ0n) is 9.83. The number of thioether (sulfide) groups is 1. The summed E-state index contributed by atoms with van der Waals surface area (Å²) in [6, 6.07) is 5.08. The van der Waals surface area contributed by atoms with Crippen molar-refractivity contribution in [3.63, 3.8) is 0 Å². The summed E-state index contributed by atoms with van der Waals surface area (Å²) in [5.41, 5.74) is -0.636. The standard InChI is InChI=1S/C13H13F3OS/c1-10(17)4-2-3-9-18-12-7-5-11(6-8-12)13(14,15)16/h2,4-8H,3,9H2,1H3. The van der Waals surface area contributed by atoms with E-state index in [1.807, 2.05) is 0 Å². The van der Waals surface area contributed by atoms with Gasteiger partial charge >= 0.3 is 6.18 Å². The van der Waals surface area contributed by atoms with Crippen molar-refractivity contribution >= 4 is 17.5 Å². The molecule has 0 radical (unpaired) electrons. The van der Waals surface area contributed by atoms with Crippen LogP contribution in [0.5, 0.6) is 0 Å². The Bertz CT molecular complexity index is 421. The summed E-state index contributed by atoms with van der Waals surface area (Å²) in [5.74, 6) is 0.726. The van der Waals surface area contributed by atoms with Crippen LogP contribution in [-0.2, 0) is 11.0 Å². The molecule has 0 aliphatic carbocycles. The van der Waals surface area contributed by atoms with E-state index in [-0.39, 0.29) is 5.78 Å². The van der Waals surface area contributed by atoms with E-state index >= 15 is 0 Å². The molecule has 0 atom stereocenters. The van der Waals surface area contributed by atoms with Crippen LogP contribution in [0.4, 0.5) is 13.2 Å². The normalized spacial score (nSPS) is 12.0. The number of rotatable bonds is 5. The molecule has 0 N–H and O–H groups in total. The highest BCUT2D eigenvalue weighted by Gasteiger charge is 2.29. The van der Waals surface area contributed by atoms with Crippen LogP contribution in [0.2, 0.25) is 0 Å². The fourth-order valence-corrected chi connectivity index (χ4v) is 2.05. The number of allylic oxidation sites excluding steroid dienone is 2. The van der Waals surface area contributed by atoms with Gasteiger partial charge in [-0.05, 0) is 43.7 Å². The van der Waals surface area contributed by atoms with Crippen molar-refractivity contribution in [2.75, 3.05) is 5.75 Å². The fraction of sp³-hybridized carbons (Fsp3) is 0.308. The third-order valence-corrected chi connectivity index (χ3v) is 3.13. The lowest BCUT2D eigenvalue weighted by Gasteiger charge is -2.06. The molecule has 0 saturated carbocycles. The number of halogens is 3. The molecule has 1 rings (SSSR count). The number of hydrogen-bond acceptors (Lipinski definition) is 2. The lowest BCUT2D eigenvalue weighted by molar-refractivity contribution is -0.137. The second-order valence-corrected chi connectivity index (χ2v) is 4.84. The predicted molar refractivity (Wildman–Crippen MR) is 66.6 cm³/mol. The zero-order chi connectivity index (χ0) is 13.6. The Morgan fingerprint density at radius 2 is 1.89 bits per heavy atom. The van der Waals surface area contributed by atoms with Gasteiger partial charge in [0.2, 0.25) is 0 Å². The van der Waals surface area contributed by atoms with Gasteiger partial charge in [0.05, 0.1) is 5.56 Å². The molecule has 0 fully saturated rings. The molecule has 1 nitrogen and oxygen atoms in total. The SMILES string of the molecule is CC(=O)C=CCCSc1ccc(C(F)(F)F)cc1. The van der Waals surface area contributed by atoms with Crippen molar-refractivity contribution in [3.05, 3.63) is 42.0 Å². The van der Waals surface area contributed by atoms with Gasteiger partial charge in [-0.2, -0.15) is 13.2 Å². The van der Waals surface area contributed by atoms with Crippen LogP contribution in [0.1, 0.15) is 18.9 Å². The minimum absolute atomic E-state index is 0.00506. The molecule has 0 amide bonds. The summed E-state index contributed by atoms with van der Waals surface area (Å²) in [6.07, 6.45) is -0.314. The summed E-state index contributed by atoms with van der Waals surface area (Å²) in [5, 5.41) is 0. The van der Waals surface area contributed by atoms with E-state index in [1.54, 1.807) is 6.08 Å². The van der Waals surface area contributed by atoms with E-state index in [4.69, 9.17) is 0 Å². The predicted octanol–water partition coefficient (Wildman–Crippen LogP) is 4.33. The highest BCUT2D eigenvalue weighted by Crippen LogP contribution is 2.30. The third-order valence-electron chi connectivity index (χ3n) is 2.09. The second-order valence-electron chi connectivity index (χ2n) is 3.67. The Balaban J connectivity index is 2.43. The third kappa shape index (κ3) is 5.40. The van der Waals surface area contributed by atoms with Crippen molar-refractivity contribution in [2.45, 2.75) is 24.4 Å². The van der Waals surface area contributed by atoms with Crippen molar-refractivity contribution in [1.82, 2.24) is 0 Å². The summed E-state index contributed by atoms with van der Waals surface area (Å²) in [6.45, 7) is 1.47. The fourth-order valence-electron chi connectivity index (χ4n) is 1.23. The molecular weight excluding hydrogens is 261 g/mol. The summed E-state index contributed by atoms with van der Waals surface area (Å²) < 4.78 is 36.9. The number of carbonyl (C=O) groups is 1. The molecular formula is C13H13F3OS. The van der Waals surface area contributed by atoms with Crippen LogP contribution >= 0.6 is 11.8 Å². The molecule has 0 unspecified atom stereocenters. The summed E-state index contributed by atoms with van der Waals surface area (Å²) >= 11 is 1.46. The maximum Gasteiger partial charge on any atom is 0.416 e. The van der Waals surface area contributed by atoms with Gasteiger partial charge in [0.15, 0.2) is 5.78 Å². The molecule has 0 spiro atoms. The highest BCUT2D eigenvalue weighted by molar-refractivity contribution is 7.99. The first kappa shape index (κ1) is 14.8. The topological polar surface area (TPSA) is 17.1 Å². The van der Waals surface area contributed by atoms with Crippen LogP contribution < -0.4 is 0 Å². The molecule has 5 heteroatoms. The number of ketones is 1. The molecule has 18 heavy (non-hydrogen) atoms. The van der Waals surface area contributed by atoms with Crippen molar-refractivity contribution < 1.29 is 18.0 Å². The average molecular weight is 274 g/mol. The lowest BCUT2D eigenvalue weighted by atomic mass is 10.2. The Morgan fingerprint density at radius 3 is 2.39 bits per heavy atom.